The first-order valence-corrected chi connectivity index (χ1v) is 10.2. The summed E-state index contributed by atoms with van der Waals surface area (Å²) in [5.41, 5.74) is 1.43. The number of benzene rings is 1. The zero-order chi connectivity index (χ0) is 20.2. The fourth-order valence-corrected chi connectivity index (χ4v) is 4.36. The lowest BCUT2D eigenvalue weighted by molar-refractivity contribution is 0.102. The Kier molecular flexibility index (Phi) is 6.56. The molecule has 8 heteroatoms. The van der Waals surface area contributed by atoms with E-state index in [9.17, 15) is 13.2 Å². The minimum atomic E-state index is -3.64. The number of nitrogens with one attached hydrogen (secondary N) is 1. The van der Waals surface area contributed by atoms with Gasteiger partial charge in [0, 0.05) is 32.7 Å². The highest BCUT2D eigenvalue weighted by Crippen LogP contribution is 2.22. The lowest BCUT2D eigenvalue weighted by Crippen LogP contribution is -2.31. The number of sulfonamides is 1. The first-order chi connectivity index (χ1) is 12.7. The molecule has 0 radical (unpaired) electrons. The maximum atomic E-state index is 12.8. The van der Waals surface area contributed by atoms with Crippen LogP contribution in [0, 0.1) is 6.92 Å². The summed E-state index contributed by atoms with van der Waals surface area (Å²) in [5, 5.41) is 2.75. The van der Waals surface area contributed by atoms with Crippen molar-refractivity contribution in [3.8, 4) is 0 Å². The van der Waals surface area contributed by atoms with Gasteiger partial charge >= 0.3 is 0 Å². The number of anilines is 2. The van der Waals surface area contributed by atoms with Gasteiger partial charge in [0.2, 0.25) is 10.0 Å². The molecule has 0 bridgehead atoms. The molecule has 146 valence electrons. The van der Waals surface area contributed by atoms with Gasteiger partial charge in [-0.25, -0.2) is 13.4 Å². The number of rotatable bonds is 7. The highest BCUT2D eigenvalue weighted by atomic mass is 32.2. The molecule has 7 nitrogen and oxygen atoms in total. The Morgan fingerprint density at radius 1 is 1.11 bits per heavy atom. The maximum absolute atomic E-state index is 12.8. The van der Waals surface area contributed by atoms with Gasteiger partial charge in [-0.3, -0.25) is 4.79 Å². The van der Waals surface area contributed by atoms with E-state index >= 15 is 0 Å². The average Bonchev–Trinajstić information content (AvgIpc) is 2.63. The Balaban J connectivity index is 2.30. The largest absolute Gasteiger partial charge is 0.363 e. The summed E-state index contributed by atoms with van der Waals surface area (Å²) in [7, 11) is 0.119. The summed E-state index contributed by atoms with van der Waals surface area (Å²) in [4.78, 5) is 18.8. The molecule has 1 heterocycles. The van der Waals surface area contributed by atoms with Crippen molar-refractivity contribution in [1.29, 1.82) is 0 Å². The van der Waals surface area contributed by atoms with E-state index in [0.29, 0.717) is 24.3 Å². The molecular formula is C19H26N4O3S. The van der Waals surface area contributed by atoms with Crippen LogP contribution in [0.4, 0.5) is 11.5 Å². The number of aryl methyl sites for hydroxylation is 1. The first-order valence-electron chi connectivity index (χ1n) is 8.76. The van der Waals surface area contributed by atoms with Gasteiger partial charge in [0.1, 0.15) is 5.82 Å². The van der Waals surface area contributed by atoms with E-state index in [4.69, 9.17) is 0 Å². The molecule has 1 N–H and O–H groups in total. The van der Waals surface area contributed by atoms with E-state index in [0.717, 1.165) is 5.82 Å². The Hall–Kier alpha value is -2.45. The van der Waals surface area contributed by atoms with Crippen molar-refractivity contribution in [1.82, 2.24) is 9.29 Å². The van der Waals surface area contributed by atoms with Gasteiger partial charge < -0.3 is 10.2 Å². The van der Waals surface area contributed by atoms with E-state index in [1.807, 2.05) is 19.0 Å². The Morgan fingerprint density at radius 3 is 2.30 bits per heavy atom. The summed E-state index contributed by atoms with van der Waals surface area (Å²) in [6, 6.07) is 8.25. The molecule has 1 aromatic carbocycles. The third-order valence-corrected chi connectivity index (χ3v) is 6.43. The zero-order valence-electron chi connectivity index (χ0n) is 16.4. The van der Waals surface area contributed by atoms with Crippen LogP contribution in [-0.2, 0) is 10.0 Å². The van der Waals surface area contributed by atoms with Crippen LogP contribution < -0.4 is 10.2 Å². The number of carbonyl (C=O) groups excluding carboxylic acids is 1. The molecule has 0 fully saturated rings. The van der Waals surface area contributed by atoms with Gasteiger partial charge in [0.05, 0.1) is 16.8 Å². The van der Waals surface area contributed by atoms with Gasteiger partial charge in [0.15, 0.2) is 0 Å². The molecule has 2 rings (SSSR count). The number of aromatic nitrogens is 1. The summed E-state index contributed by atoms with van der Waals surface area (Å²) in [6.45, 7) is 6.05. The van der Waals surface area contributed by atoms with Crippen LogP contribution in [-0.4, -0.2) is 50.8 Å². The number of hydrogen-bond acceptors (Lipinski definition) is 5. The summed E-state index contributed by atoms with van der Waals surface area (Å²) < 4.78 is 27.0. The van der Waals surface area contributed by atoms with Crippen LogP contribution in [0.3, 0.4) is 0 Å². The monoisotopic (exact) mass is 390 g/mol. The Morgan fingerprint density at radius 2 is 1.78 bits per heavy atom. The standard InChI is InChI=1S/C19H26N4O3S/c1-6-23(7-2)27(25,26)17-12-15(9-8-14(17)3)19(24)21-16-10-11-18(20-13-16)22(4)5/h8-13H,6-7H2,1-5H3,(H,21,24). The van der Waals surface area contributed by atoms with E-state index in [1.165, 1.54) is 10.4 Å². The zero-order valence-corrected chi connectivity index (χ0v) is 17.2. The van der Waals surface area contributed by atoms with Crippen molar-refractivity contribution >= 4 is 27.4 Å². The quantitative estimate of drug-likeness (QED) is 0.786. The van der Waals surface area contributed by atoms with Crippen molar-refractivity contribution in [2.45, 2.75) is 25.7 Å². The van der Waals surface area contributed by atoms with Gasteiger partial charge in [-0.2, -0.15) is 4.31 Å². The predicted molar refractivity (Wildman–Crippen MR) is 108 cm³/mol. The van der Waals surface area contributed by atoms with E-state index in [2.05, 4.69) is 10.3 Å². The topological polar surface area (TPSA) is 82.6 Å². The van der Waals surface area contributed by atoms with Gasteiger partial charge in [-0.05, 0) is 36.8 Å². The highest BCUT2D eigenvalue weighted by molar-refractivity contribution is 7.89. The molecule has 1 amide bonds. The third kappa shape index (κ3) is 4.64. The van der Waals surface area contributed by atoms with Gasteiger partial charge in [0.25, 0.3) is 5.91 Å². The smallest absolute Gasteiger partial charge is 0.255 e. The second kappa shape index (κ2) is 8.49. The normalized spacial score (nSPS) is 11.5. The molecule has 0 unspecified atom stereocenters. The van der Waals surface area contributed by atoms with E-state index in [1.54, 1.807) is 51.2 Å². The lowest BCUT2D eigenvalue weighted by atomic mass is 10.1. The van der Waals surface area contributed by atoms with Crippen LogP contribution >= 0.6 is 0 Å². The average molecular weight is 391 g/mol. The molecule has 0 aliphatic rings. The predicted octanol–water partition coefficient (Wildman–Crippen LogP) is 2.74. The van der Waals surface area contributed by atoms with Crippen molar-refractivity contribution in [2.75, 3.05) is 37.4 Å². The fraction of sp³-hybridized carbons (Fsp3) is 0.368. The molecule has 27 heavy (non-hydrogen) atoms. The number of nitrogens with zero attached hydrogens (tertiary/aromatic N) is 3. The molecule has 1 aromatic heterocycles. The molecule has 0 spiro atoms. The summed E-state index contributed by atoms with van der Waals surface area (Å²) in [6.07, 6.45) is 1.56. The van der Waals surface area contributed by atoms with Crippen LogP contribution in [0.15, 0.2) is 41.4 Å². The molecule has 0 aliphatic heterocycles. The molecule has 0 saturated heterocycles. The van der Waals surface area contributed by atoms with Crippen molar-refractivity contribution in [2.24, 2.45) is 0 Å². The van der Waals surface area contributed by atoms with Crippen LogP contribution in [0.1, 0.15) is 29.8 Å². The molecular weight excluding hydrogens is 364 g/mol. The van der Waals surface area contributed by atoms with Crippen LogP contribution in [0.2, 0.25) is 0 Å². The summed E-state index contributed by atoms with van der Waals surface area (Å²) in [5.74, 6) is 0.390. The van der Waals surface area contributed by atoms with Crippen molar-refractivity contribution < 1.29 is 13.2 Å². The molecule has 0 saturated carbocycles. The van der Waals surface area contributed by atoms with Crippen LogP contribution in [0.5, 0.6) is 0 Å². The number of carbonyl (C=O) groups is 1. The second-order valence-corrected chi connectivity index (χ2v) is 8.23. The van der Waals surface area contributed by atoms with Gasteiger partial charge in [-0.15, -0.1) is 0 Å². The Bertz CT molecular complexity index is 905. The second-order valence-electron chi connectivity index (χ2n) is 6.32. The maximum Gasteiger partial charge on any atom is 0.255 e. The van der Waals surface area contributed by atoms with Crippen molar-refractivity contribution in [3.05, 3.63) is 47.7 Å². The molecule has 0 aliphatic carbocycles. The lowest BCUT2D eigenvalue weighted by Gasteiger charge is -2.20. The first kappa shape index (κ1) is 20.9. The van der Waals surface area contributed by atoms with Crippen LogP contribution in [0.25, 0.3) is 0 Å². The summed E-state index contributed by atoms with van der Waals surface area (Å²) >= 11 is 0. The SMILES string of the molecule is CCN(CC)S(=O)(=O)c1cc(C(=O)Nc2ccc(N(C)C)nc2)ccc1C. The van der Waals surface area contributed by atoms with E-state index in [-0.39, 0.29) is 16.4 Å². The molecule has 0 atom stereocenters. The minimum absolute atomic E-state index is 0.153. The molecule has 2 aromatic rings. The van der Waals surface area contributed by atoms with Crippen molar-refractivity contribution in [3.63, 3.8) is 0 Å². The minimum Gasteiger partial charge on any atom is -0.363 e. The van der Waals surface area contributed by atoms with E-state index < -0.39 is 10.0 Å². The Labute approximate surface area is 161 Å². The highest BCUT2D eigenvalue weighted by Gasteiger charge is 2.24. The van der Waals surface area contributed by atoms with Gasteiger partial charge in [-0.1, -0.05) is 19.9 Å². The number of amides is 1. The number of pyridine rings is 1. The third-order valence-electron chi connectivity index (χ3n) is 4.24. The number of hydrogen-bond donors (Lipinski definition) is 1. The fourth-order valence-electron chi connectivity index (χ4n) is 2.65.